The van der Waals surface area contributed by atoms with Gasteiger partial charge >= 0.3 is 0 Å². The second-order valence-corrected chi connectivity index (χ2v) is 9.75. The summed E-state index contributed by atoms with van der Waals surface area (Å²) in [7, 11) is 3.91. The molecule has 148 valence electrons. The fourth-order valence-corrected chi connectivity index (χ4v) is 5.23. The lowest BCUT2D eigenvalue weighted by Crippen LogP contribution is -2.36. The van der Waals surface area contributed by atoms with Crippen molar-refractivity contribution in [3.05, 3.63) is 32.4 Å². The number of nitrogens with zero attached hydrogens (tertiary/aromatic N) is 3. The molecule has 0 unspecified atom stereocenters. The summed E-state index contributed by atoms with van der Waals surface area (Å²) in [6.45, 7) is 2.19. The number of aromatic nitrogens is 1. The minimum absolute atomic E-state index is 0.216. The van der Waals surface area contributed by atoms with Gasteiger partial charge in [-0.15, -0.1) is 11.3 Å². The second kappa shape index (κ2) is 8.04. The van der Waals surface area contributed by atoms with Gasteiger partial charge in [0.1, 0.15) is 17.6 Å². The van der Waals surface area contributed by atoms with E-state index in [9.17, 15) is 4.79 Å². The predicted molar refractivity (Wildman–Crippen MR) is 115 cm³/mol. The molecule has 0 saturated carbocycles. The van der Waals surface area contributed by atoms with Gasteiger partial charge in [-0.1, -0.05) is 34.5 Å². The van der Waals surface area contributed by atoms with E-state index in [1.807, 2.05) is 31.1 Å². The van der Waals surface area contributed by atoms with Crippen LogP contribution < -0.4 is 14.4 Å². The highest BCUT2D eigenvalue weighted by atomic mass is 35.5. The summed E-state index contributed by atoms with van der Waals surface area (Å²) in [5.41, 5.74) is 1.15. The van der Waals surface area contributed by atoms with Gasteiger partial charge in [0, 0.05) is 25.2 Å². The Balaban J connectivity index is 1.73. The van der Waals surface area contributed by atoms with E-state index >= 15 is 0 Å². The zero-order valence-corrected chi connectivity index (χ0v) is 18.3. The minimum atomic E-state index is -0.216. The van der Waals surface area contributed by atoms with E-state index in [4.69, 9.17) is 32.7 Å². The van der Waals surface area contributed by atoms with Crippen molar-refractivity contribution in [3.63, 3.8) is 0 Å². The van der Waals surface area contributed by atoms with Gasteiger partial charge in [-0.05, 0) is 20.2 Å². The fourth-order valence-electron chi connectivity index (χ4n) is 2.78. The highest BCUT2D eigenvalue weighted by molar-refractivity contribution is 7.22. The van der Waals surface area contributed by atoms with Crippen LogP contribution in [0.4, 0.5) is 5.13 Å². The normalized spacial score (nSPS) is 13.3. The molecule has 10 heteroatoms. The zero-order valence-electron chi connectivity index (χ0n) is 15.2. The molecule has 0 saturated heterocycles. The number of ether oxygens (including phenoxy) is 2. The maximum Gasteiger partial charge on any atom is 0.262 e. The third kappa shape index (κ3) is 3.92. The molecule has 0 bridgehead atoms. The number of benzene rings is 1. The molecular formula is C18H17Cl2N3O3S2. The number of thiazole rings is 1. The number of fused-ring (bicyclic) bond motifs is 2. The number of thiophene rings is 1. The van der Waals surface area contributed by atoms with Gasteiger partial charge < -0.3 is 14.4 Å². The average molecular weight is 458 g/mol. The maximum absolute atomic E-state index is 13.2. The number of amides is 1. The number of anilines is 1. The molecule has 4 rings (SSSR count). The lowest BCUT2D eigenvalue weighted by atomic mass is 10.3. The van der Waals surface area contributed by atoms with E-state index in [1.165, 1.54) is 22.7 Å². The summed E-state index contributed by atoms with van der Waals surface area (Å²) in [6.07, 6.45) is 0. The number of rotatable bonds is 5. The highest BCUT2D eigenvalue weighted by Gasteiger charge is 2.25. The predicted octanol–water partition coefficient (Wildman–Crippen LogP) is 4.64. The molecule has 2 aromatic heterocycles. The molecule has 1 aliphatic rings. The number of carbonyl (C=O) groups is 1. The molecule has 28 heavy (non-hydrogen) atoms. The van der Waals surface area contributed by atoms with Crippen molar-refractivity contribution in [1.82, 2.24) is 9.88 Å². The summed E-state index contributed by atoms with van der Waals surface area (Å²) in [5.74, 6) is 1.16. The molecule has 0 fully saturated rings. The molecule has 3 aromatic rings. The van der Waals surface area contributed by atoms with Gasteiger partial charge in [0.15, 0.2) is 16.6 Å². The van der Waals surface area contributed by atoms with E-state index in [-0.39, 0.29) is 5.91 Å². The molecule has 0 radical (unpaired) electrons. The Morgan fingerprint density at radius 3 is 2.46 bits per heavy atom. The van der Waals surface area contributed by atoms with Crippen LogP contribution in [0.15, 0.2) is 18.2 Å². The number of hydrogen-bond donors (Lipinski definition) is 0. The van der Waals surface area contributed by atoms with Gasteiger partial charge in [-0.2, -0.15) is 0 Å². The van der Waals surface area contributed by atoms with Crippen LogP contribution in [0.2, 0.25) is 8.67 Å². The lowest BCUT2D eigenvalue weighted by molar-refractivity contribution is 0.0986. The molecule has 1 amide bonds. The van der Waals surface area contributed by atoms with Crippen LogP contribution in [-0.2, 0) is 0 Å². The van der Waals surface area contributed by atoms with Crippen LogP contribution in [0.25, 0.3) is 10.2 Å². The van der Waals surface area contributed by atoms with E-state index in [0.717, 1.165) is 10.2 Å². The summed E-state index contributed by atoms with van der Waals surface area (Å²) >= 11 is 14.9. The van der Waals surface area contributed by atoms with Gasteiger partial charge in [-0.25, -0.2) is 4.98 Å². The summed E-state index contributed by atoms with van der Waals surface area (Å²) < 4.78 is 13.1. The molecule has 0 aliphatic carbocycles. The Morgan fingerprint density at radius 2 is 1.82 bits per heavy atom. The Morgan fingerprint density at radius 1 is 1.11 bits per heavy atom. The van der Waals surface area contributed by atoms with E-state index in [1.54, 1.807) is 11.0 Å². The smallest absolute Gasteiger partial charge is 0.262 e. The van der Waals surface area contributed by atoms with Crippen molar-refractivity contribution in [3.8, 4) is 11.5 Å². The van der Waals surface area contributed by atoms with Gasteiger partial charge in [0.25, 0.3) is 5.91 Å². The van der Waals surface area contributed by atoms with Gasteiger partial charge in [0.05, 0.1) is 20.1 Å². The number of hydrogen-bond acceptors (Lipinski definition) is 7. The SMILES string of the molecule is CN(C)CCN(C(=O)c1cc(Cl)sc1Cl)c1nc2cc3c(cc2s1)OCCO3. The van der Waals surface area contributed by atoms with E-state index in [0.29, 0.717) is 57.2 Å². The Labute approximate surface area is 180 Å². The third-order valence-electron chi connectivity index (χ3n) is 4.18. The van der Waals surface area contributed by atoms with Crippen LogP contribution in [0.5, 0.6) is 11.5 Å². The van der Waals surface area contributed by atoms with Crippen molar-refractivity contribution < 1.29 is 14.3 Å². The van der Waals surface area contributed by atoms with Crippen molar-refractivity contribution in [2.45, 2.75) is 0 Å². The molecular weight excluding hydrogens is 441 g/mol. The minimum Gasteiger partial charge on any atom is -0.486 e. The summed E-state index contributed by atoms with van der Waals surface area (Å²) in [5, 5.41) is 0.600. The molecule has 1 aromatic carbocycles. The first kappa shape index (κ1) is 19.7. The van der Waals surface area contributed by atoms with Gasteiger partial charge in [0.2, 0.25) is 0 Å². The lowest BCUT2D eigenvalue weighted by Gasteiger charge is -2.21. The number of likely N-dealkylation sites (N-methyl/N-ethyl adjacent to an activating group) is 1. The Hall–Kier alpha value is -1.58. The third-order valence-corrected chi connectivity index (χ3v) is 6.70. The molecule has 1 aliphatic heterocycles. The largest absolute Gasteiger partial charge is 0.486 e. The topological polar surface area (TPSA) is 54.9 Å². The van der Waals surface area contributed by atoms with Gasteiger partial charge in [-0.3, -0.25) is 9.69 Å². The average Bonchev–Trinajstić information content (AvgIpc) is 3.21. The fraction of sp³-hybridized carbons (Fsp3) is 0.333. The molecule has 0 spiro atoms. The summed E-state index contributed by atoms with van der Waals surface area (Å²) in [4.78, 5) is 21.6. The van der Waals surface area contributed by atoms with Crippen molar-refractivity contribution >= 4 is 67.1 Å². The first-order valence-electron chi connectivity index (χ1n) is 8.54. The van der Waals surface area contributed by atoms with Crippen LogP contribution in [0.3, 0.4) is 0 Å². The van der Waals surface area contributed by atoms with E-state index < -0.39 is 0 Å². The monoisotopic (exact) mass is 457 g/mol. The van der Waals surface area contributed by atoms with E-state index in [2.05, 4.69) is 4.98 Å². The summed E-state index contributed by atoms with van der Waals surface area (Å²) in [6, 6.07) is 5.37. The van der Waals surface area contributed by atoms with Crippen molar-refractivity contribution in [1.29, 1.82) is 0 Å². The van der Waals surface area contributed by atoms with Crippen LogP contribution in [0.1, 0.15) is 10.4 Å². The quantitative estimate of drug-likeness (QED) is 0.558. The van der Waals surface area contributed by atoms with Crippen LogP contribution >= 0.6 is 45.9 Å². The molecule has 0 atom stereocenters. The number of halogens is 2. The van der Waals surface area contributed by atoms with Crippen LogP contribution in [-0.4, -0.2) is 56.2 Å². The maximum atomic E-state index is 13.2. The van der Waals surface area contributed by atoms with Crippen LogP contribution in [0, 0.1) is 0 Å². The Kier molecular flexibility index (Phi) is 5.66. The first-order valence-corrected chi connectivity index (χ1v) is 10.9. The molecule has 6 nitrogen and oxygen atoms in total. The zero-order chi connectivity index (χ0) is 19.8. The molecule has 0 N–H and O–H groups in total. The van der Waals surface area contributed by atoms with Crippen molar-refractivity contribution in [2.75, 3.05) is 45.3 Å². The number of carbonyl (C=O) groups excluding carboxylic acids is 1. The second-order valence-electron chi connectivity index (χ2n) is 6.46. The Bertz CT molecular complexity index is 992. The highest BCUT2D eigenvalue weighted by Crippen LogP contribution is 2.39. The standard InChI is InChI=1S/C18H17Cl2N3O3S2/c1-22(2)3-4-23(17(24)10-7-15(19)28-16(10)20)18-21-11-8-12-13(9-14(11)27-18)26-6-5-25-12/h7-9H,3-6H2,1-2H3. The first-order chi connectivity index (χ1) is 13.4. The van der Waals surface area contributed by atoms with Crippen molar-refractivity contribution in [2.24, 2.45) is 0 Å². The molecule has 3 heterocycles.